The molecule has 1 unspecified atom stereocenters. The molecule has 0 aromatic rings. The minimum Gasteiger partial charge on any atom is -0.543 e. The van der Waals surface area contributed by atoms with E-state index >= 15 is 0 Å². The maximum Gasteiger partial charge on any atom is 0.368 e. The van der Waals surface area contributed by atoms with Gasteiger partial charge in [-0.3, -0.25) is 0 Å². The number of carbonyl (C=O) groups excluding carboxylic acids is 2. The number of carboxylic acids is 2. The van der Waals surface area contributed by atoms with Gasteiger partial charge in [-0.2, -0.15) is 0 Å². The summed E-state index contributed by atoms with van der Waals surface area (Å²) in [6.45, 7) is 7.21. The second kappa shape index (κ2) is 8.25. The topological polar surface area (TPSA) is 104 Å². The average Bonchev–Trinajstić information content (AvgIpc) is 2.14. The Morgan fingerprint density at radius 3 is 1.79 bits per heavy atom. The Bertz CT molecular complexity index is 342. The van der Waals surface area contributed by atoms with Gasteiger partial charge in [0.05, 0.1) is 27.7 Å². The zero-order valence-electron chi connectivity index (χ0n) is 11.9. The third-order valence-electron chi connectivity index (χ3n) is 1.86. The molecule has 1 N–H and O–H groups in total. The molecule has 0 aromatic carbocycles. The van der Waals surface area contributed by atoms with Crippen LogP contribution in [0.3, 0.4) is 0 Å². The van der Waals surface area contributed by atoms with Crippen molar-refractivity contribution in [2.45, 2.75) is 19.9 Å². The number of rotatable bonds is 5. The van der Waals surface area contributed by atoms with Gasteiger partial charge in [-0.1, -0.05) is 6.58 Å². The molecule has 7 heteroatoms. The van der Waals surface area contributed by atoms with Crippen molar-refractivity contribution in [1.29, 1.82) is 0 Å². The van der Waals surface area contributed by atoms with Crippen molar-refractivity contribution in [3.63, 3.8) is 0 Å². The third-order valence-corrected chi connectivity index (χ3v) is 1.86. The second-order valence-corrected chi connectivity index (χ2v) is 4.68. The van der Waals surface area contributed by atoms with E-state index < -0.39 is 18.0 Å². The van der Waals surface area contributed by atoms with Crippen LogP contribution in [-0.2, 0) is 19.1 Å². The largest absolute Gasteiger partial charge is 0.543 e. The first-order valence-corrected chi connectivity index (χ1v) is 5.52. The van der Waals surface area contributed by atoms with Gasteiger partial charge in [-0.05, 0) is 13.8 Å². The fourth-order valence-electron chi connectivity index (χ4n) is 1.00. The fraction of sp³-hybridized carbons (Fsp3) is 0.583. The highest BCUT2D eigenvalue weighted by atomic mass is 16.5. The van der Waals surface area contributed by atoms with E-state index in [9.17, 15) is 19.5 Å². The van der Waals surface area contributed by atoms with E-state index in [0.717, 1.165) is 0 Å². The lowest BCUT2D eigenvalue weighted by atomic mass is 10.2. The van der Waals surface area contributed by atoms with Crippen molar-refractivity contribution in [2.24, 2.45) is 0 Å². The summed E-state index contributed by atoms with van der Waals surface area (Å²) in [5.74, 6) is -3.25. The highest BCUT2D eigenvalue weighted by Gasteiger charge is 2.32. The van der Waals surface area contributed by atoms with Crippen LogP contribution in [0.4, 0.5) is 0 Å². The number of hydrogen-bond donors (Lipinski definition) is 1. The van der Waals surface area contributed by atoms with E-state index in [1.165, 1.54) is 21.1 Å². The molecule has 0 aliphatic carbocycles. The summed E-state index contributed by atoms with van der Waals surface area (Å²) in [5.41, 5.74) is 0.451. The number of esters is 1. The van der Waals surface area contributed by atoms with Gasteiger partial charge in [0.25, 0.3) is 0 Å². The summed E-state index contributed by atoms with van der Waals surface area (Å²) in [7, 11) is 4.44. The van der Waals surface area contributed by atoms with Crippen molar-refractivity contribution in [3.8, 4) is 0 Å². The molecule has 7 nitrogen and oxygen atoms in total. The second-order valence-electron chi connectivity index (χ2n) is 4.68. The first kappa shape index (κ1) is 19.4. The number of quaternary nitrogens is 1. The number of hydrogen-bond acceptors (Lipinski definition) is 5. The first-order chi connectivity index (χ1) is 8.45. The van der Waals surface area contributed by atoms with E-state index in [0.29, 0.717) is 12.2 Å². The molecule has 0 heterocycles. The van der Waals surface area contributed by atoms with Crippen LogP contribution >= 0.6 is 0 Å². The zero-order valence-corrected chi connectivity index (χ0v) is 11.9. The molecule has 0 amide bonds. The number of carbonyl (C=O) groups is 3. The lowest BCUT2D eigenvalue weighted by molar-refractivity contribution is -0.880. The van der Waals surface area contributed by atoms with Gasteiger partial charge < -0.3 is 24.2 Å². The molecule has 0 aromatic heterocycles. The molecule has 0 saturated heterocycles. The first-order valence-electron chi connectivity index (χ1n) is 5.52. The van der Waals surface area contributed by atoms with Gasteiger partial charge in [-0.25, -0.2) is 9.59 Å². The van der Waals surface area contributed by atoms with Gasteiger partial charge in [0, 0.05) is 5.57 Å². The molecular formula is C12H21NO6. The molecule has 19 heavy (non-hydrogen) atoms. The van der Waals surface area contributed by atoms with Crippen LogP contribution in [-0.4, -0.2) is 61.3 Å². The van der Waals surface area contributed by atoms with Crippen molar-refractivity contribution >= 4 is 17.9 Å². The van der Waals surface area contributed by atoms with Gasteiger partial charge >= 0.3 is 11.9 Å². The van der Waals surface area contributed by atoms with Crippen LogP contribution in [0, 0.1) is 0 Å². The lowest BCUT2D eigenvalue weighted by Gasteiger charge is -2.31. The van der Waals surface area contributed by atoms with Crippen molar-refractivity contribution in [2.75, 3.05) is 27.7 Å². The summed E-state index contributed by atoms with van der Waals surface area (Å²) in [6, 6.07) is -1.50. The Morgan fingerprint density at radius 1 is 1.32 bits per heavy atom. The number of aliphatic carboxylic acids is 2. The van der Waals surface area contributed by atoms with E-state index in [2.05, 4.69) is 11.3 Å². The Labute approximate surface area is 112 Å². The van der Waals surface area contributed by atoms with Crippen LogP contribution in [0.15, 0.2) is 12.2 Å². The molecule has 0 fully saturated rings. The van der Waals surface area contributed by atoms with Crippen molar-refractivity contribution in [1.82, 2.24) is 0 Å². The molecule has 110 valence electrons. The summed E-state index contributed by atoms with van der Waals surface area (Å²) >= 11 is 0. The molecule has 0 aliphatic heterocycles. The van der Waals surface area contributed by atoms with Crippen LogP contribution in [0.5, 0.6) is 0 Å². The van der Waals surface area contributed by atoms with Gasteiger partial charge in [0.1, 0.15) is 5.97 Å². The minimum atomic E-state index is -1.56. The predicted molar refractivity (Wildman–Crippen MR) is 65.9 cm³/mol. The van der Waals surface area contributed by atoms with Gasteiger partial charge in [0.15, 0.2) is 0 Å². The van der Waals surface area contributed by atoms with Crippen LogP contribution in [0.1, 0.15) is 13.8 Å². The molecule has 0 aliphatic rings. The average molecular weight is 275 g/mol. The SMILES string of the molecule is C=C(C)C(=O)OCC.C[N+](C)(C)C(C(=O)[O-])C(=O)O. The monoisotopic (exact) mass is 275 g/mol. The molecule has 0 bridgehead atoms. The van der Waals surface area contributed by atoms with Crippen LogP contribution < -0.4 is 5.11 Å². The number of carboxylic acid groups (broad SMARTS) is 2. The Balaban J connectivity index is 0. The Kier molecular flexibility index (Phi) is 8.45. The maximum atomic E-state index is 10.4. The molecule has 0 saturated carbocycles. The van der Waals surface area contributed by atoms with E-state index in [-0.39, 0.29) is 10.5 Å². The highest BCUT2D eigenvalue weighted by Crippen LogP contribution is 2.01. The van der Waals surface area contributed by atoms with E-state index in [1.807, 2.05) is 0 Å². The number of ether oxygens (including phenoxy) is 1. The summed E-state index contributed by atoms with van der Waals surface area (Å²) in [4.78, 5) is 31.1. The van der Waals surface area contributed by atoms with Gasteiger partial charge in [0.2, 0.25) is 6.04 Å². The van der Waals surface area contributed by atoms with E-state index in [1.54, 1.807) is 13.8 Å². The molecule has 0 spiro atoms. The molecular weight excluding hydrogens is 254 g/mol. The van der Waals surface area contributed by atoms with Crippen LogP contribution in [0.2, 0.25) is 0 Å². The zero-order chi connectivity index (χ0) is 15.8. The maximum absolute atomic E-state index is 10.4. The molecule has 1 atom stereocenters. The van der Waals surface area contributed by atoms with Crippen LogP contribution in [0.25, 0.3) is 0 Å². The minimum absolute atomic E-state index is 0.183. The summed E-state index contributed by atoms with van der Waals surface area (Å²) in [6.07, 6.45) is 0. The smallest absolute Gasteiger partial charge is 0.368 e. The molecule has 0 radical (unpaired) electrons. The quantitative estimate of drug-likeness (QED) is 0.299. The Morgan fingerprint density at radius 2 is 1.74 bits per heavy atom. The fourth-order valence-corrected chi connectivity index (χ4v) is 1.00. The predicted octanol–water partition coefficient (Wildman–Crippen LogP) is -0.979. The Hall–Kier alpha value is -1.89. The lowest BCUT2D eigenvalue weighted by Crippen LogP contribution is -2.58. The van der Waals surface area contributed by atoms with Crippen molar-refractivity contribution in [3.05, 3.63) is 12.2 Å². The normalized spacial score (nSPS) is 11.6. The highest BCUT2D eigenvalue weighted by molar-refractivity contribution is 5.94. The van der Waals surface area contributed by atoms with Crippen molar-refractivity contribution < 1.29 is 33.8 Å². The third kappa shape index (κ3) is 8.78. The standard InChI is InChI=1S/C6H11NO4.C6H10O2/c1-7(2,3)4(5(8)9)6(10)11;1-4-8-6(7)5(2)3/h4H,1-3H3,(H-,8,9,10,11);2,4H2,1,3H3. The number of likely N-dealkylation sites (N-methyl/N-ethyl adjacent to an activating group) is 1. The van der Waals surface area contributed by atoms with E-state index in [4.69, 9.17) is 5.11 Å². The number of nitrogens with zero attached hydrogens (tertiary/aromatic N) is 1. The molecule has 0 rings (SSSR count). The summed E-state index contributed by atoms with van der Waals surface area (Å²) in [5, 5.41) is 18.7. The summed E-state index contributed by atoms with van der Waals surface area (Å²) < 4.78 is 4.38. The van der Waals surface area contributed by atoms with Gasteiger partial charge in [-0.15, -0.1) is 0 Å².